The maximum absolute atomic E-state index is 13.2. The first-order chi connectivity index (χ1) is 13.4. The van der Waals surface area contributed by atoms with Gasteiger partial charge in [-0.15, -0.1) is 0 Å². The molecule has 28 heavy (non-hydrogen) atoms. The number of carbonyl (C=O) groups is 2. The highest BCUT2D eigenvalue weighted by Crippen LogP contribution is 2.17. The lowest BCUT2D eigenvalue weighted by Gasteiger charge is -2.07. The molecule has 0 aliphatic heterocycles. The quantitative estimate of drug-likeness (QED) is 0.384. The minimum Gasteiger partial charge on any atom is -0.342 e. The molecule has 3 aromatic rings. The number of allylic oxidation sites excluding steroid dienone is 1. The van der Waals surface area contributed by atoms with E-state index in [1.54, 1.807) is 36.5 Å². The standard InChI is InChI=1S/C20H14F3N3O2/c21-15-10-14(11-16(22)19(15)23)26-18(28)9-13-3-1-12(2-4-13)5-6-17(27)20-24-7-8-25-20/h1-8,10-11H,9H2,(H,24,25)(H,26,28)/b6-5+. The van der Waals surface area contributed by atoms with Crippen molar-refractivity contribution in [1.82, 2.24) is 9.97 Å². The predicted molar refractivity (Wildman–Crippen MR) is 97.0 cm³/mol. The molecule has 0 unspecified atom stereocenters. The Labute approximate surface area is 157 Å². The molecule has 2 aromatic carbocycles. The number of hydrogen-bond donors (Lipinski definition) is 2. The van der Waals surface area contributed by atoms with Gasteiger partial charge in [0.15, 0.2) is 23.3 Å². The number of H-pyrrole nitrogens is 1. The van der Waals surface area contributed by atoms with E-state index in [4.69, 9.17) is 0 Å². The molecule has 8 heteroatoms. The molecule has 142 valence electrons. The van der Waals surface area contributed by atoms with Crippen molar-refractivity contribution in [2.24, 2.45) is 0 Å². The largest absolute Gasteiger partial charge is 0.342 e. The average Bonchev–Trinajstić information content (AvgIpc) is 3.20. The third kappa shape index (κ3) is 4.73. The second kappa shape index (κ2) is 8.34. The Morgan fingerprint density at radius 1 is 1.07 bits per heavy atom. The Morgan fingerprint density at radius 3 is 2.36 bits per heavy atom. The monoisotopic (exact) mass is 385 g/mol. The molecule has 0 saturated carbocycles. The van der Waals surface area contributed by atoms with Crippen LogP contribution in [-0.4, -0.2) is 21.7 Å². The van der Waals surface area contributed by atoms with Crippen LogP contribution in [0.25, 0.3) is 6.08 Å². The van der Waals surface area contributed by atoms with Crippen molar-refractivity contribution in [1.29, 1.82) is 0 Å². The molecule has 5 nitrogen and oxygen atoms in total. The Kier molecular flexibility index (Phi) is 5.69. The van der Waals surface area contributed by atoms with Crippen LogP contribution in [0.15, 0.2) is 54.9 Å². The van der Waals surface area contributed by atoms with Crippen molar-refractivity contribution in [3.63, 3.8) is 0 Å². The van der Waals surface area contributed by atoms with Gasteiger partial charge in [-0.2, -0.15) is 0 Å². The fourth-order valence-corrected chi connectivity index (χ4v) is 2.42. The number of nitrogens with zero attached hydrogens (tertiary/aromatic N) is 1. The first kappa shape index (κ1) is 19.1. The topological polar surface area (TPSA) is 74.8 Å². The zero-order valence-electron chi connectivity index (χ0n) is 14.4. The summed E-state index contributed by atoms with van der Waals surface area (Å²) in [6.07, 6.45) is 5.97. The Balaban J connectivity index is 1.59. The molecule has 1 aromatic heterocycles. The van der Waals surface area contributed by atoms with E-state index >= 15 is 0 Å². The van der Waals surface area contributed by atoms with Gasteiger partial charge in [-0.1, -0.05) is 30.3 Å². The van der Waals surface area contributed by atoms with Gasteiger partial charge in [0.25, 0.3) is 0 Å². The van der Waals surface area contributed by atoms with Crippen LogP contribution in [0.2, 0.25) is 0 Å². The molecule has 1 amide bonds. The summed E-state index contributed by atoms with van der Waals surface area (Å²) in [7, 11) is 0. The average molecular weight is 385 g/mol. The minimum atomic E-state index is -1.59. The molecular formula is C20H14F3N3O2. The number of benzene rings is 2. The number of ketones is 1. The van der Waals surface area contributed by atoms with E-state index in [1.807, 2.05) is 0 Å². The molecule has 0 bridgehead atoms. The SMILES string of the molecule is O=C(Cc1ccc(/C=C/C(=O)c2ncc[nH]2)cc1)Nc1cc(F)c(F)c(F)c1. The maximum atomic E-state index is 13.2. The van der Waals surface area contributed by atoms with Gasteiger partial charge >= 0.3 is 0 Å². The van der Waals surface area contributed by atoms with Gasteiger partial charge in [0.2, 0.25) is 11.7 Å². The van der Waals surface area contributed by atoms with Gasteiger partial charge < -0.3 is 10.3 Å². The number of rotatable bonds is 6. The second-order valence-corrected chi connectivity index (χ2v) is 5.86. The number of aromatic amines is 1. The number of nitrogens with one attached hydrogen (secondary N) is 2. The lowest BCUT2D eigenvalue weighted by Crippen LogP contribution is -2.15. The van der Waals surface area contributed by atoms with Crippen LogP contribution in [-0.2, 0) is 11.2 Å². The van der Waals surface area contributed by atoms with Gasteiger partial charge in [0.1, 0.15) is 0 Å². The second-order valence-electron chi connectivity index (χ2n) is 5.86. The zero-order valence-corrected chi connectivity index (χ0v) is 14.4. The Bertz CT molecular complexity index is 1010. The fourth-order valence-electron chi connectivity index (χ4n) is 2.42. The summed E-state index contributed by atoms with van der Waals surface area (Å²) in [5, 5.41) is 2.31. The van der Waals surface area contributed by atoms with Crippen molar-refractivity contribution in [3.8, 4) is 0 Å². The number of halogens is 3. The molecule has 0 aliphatic carbocycles. The van der Waals surface area contributed by atoms with E-state index < -0.39 is 23.4 Å². The molecule has 1 heterocycles. The minimum absolute atomic E-state index is 0.0457. The number of hydrogen-bond acceptors (Lipinski definition) is 3. The maximum Gasteiger partial charge on any atom is 0.228 e. The predicted octanol–water partition coefficient (Wildman–Crippen LogP) is 3.90. The number of amides is 1. The molecule has 0 fully saturated rings. The molecule has 0 radical (unpaired) electrons. The highest BCUT2D eigenvalue weighted by atomic mass is 19.2. The van der Waals surface area contributed by atoms with E-state index in [1.165, 1.54) is 12.3 Å². The van der Waals surface area contributed by atoms with Gasteiger partial charge in [-0.05, 0) is 17.2 Å². The first-order valence-electron chi connectivity index (χ1n) is 8.17. The van der Waals surface area contributed by atoms with Crippen LogP contribution in [0, 0.1) is 17.5 Å². The summed E-state index contributed by atoms with van der Waals surface area (Å²) >= 11 is 0. The van der Waals surface area contributed by atoms with Crippen molar-refractivity contribution in [2.45, 2.75) is 6.42 Å². The van der Waals surface area contributed by atoms with E-state index in [0.29, 0.717) is 17.7 Å². The number of anilines is 1. The van der Waals surface area contributed by atoms with Crippen molar-refractivity contribution >= 4 is 23.5 Å². The Hall–Kier alpha value is -3.68. The molecule has 0 aliphatic rings. The normalized spacial score (nSPS) is 11.0. The molecule has 3 rings (SSSR count). The van der Waals surface area contributed by atoms with E-state index in [0.717, 1.165) is 5.56 Å². The fraction of sp³-hybridized carbons (Fsp3) is 0.0500. The molecule has 0 atom stereocenters. The highest BCUT2D eigenvalue weighted by Gasteiger charge is 2.12. The number of carbonyl (C=O) groups excluding carboxylic acids is 2. The van der Waals surface area contributed by atoms with Gasteiger partial charge in [-0.3, -0.25) is 9.59 Å². The van der Waals surface area contributed by atoms with Crippen molar-refractivity contribution in [2.75, 3.05) is 5.32 Å². The van der Waals surface area contributed by atoms with Crippen LogP contribution in [0.4, 0.5) is 18.9 Å². The number of aromatic nitrogens is 2. The van der Waals surface area contributed by atoms with Crippen LogP contribution in [0.5, 0.6) is 0 Å². The summed E-state index contributed by atoms with van der Waals surface area (Å²) in [5.74, 6) is -4.90. The van der Waals surface area contributed by atoms with Crippen molar-refractivity contribution < 1.29 is 22.8 Å². The first-order valence-corrected chi connectivity index (χ1v) is 8.17. The van der Waals surface area contributed by atoms with Gasteiger partial charge in [-0.25, -0.2) is 18.2 Å². The van der Waals surface area contributed by atoms with Crippen LogP contribution < -0.4 is 5.32 Å². The summed E-state index contributed by atoms with van der Waals surface area (Å²) in [4.78, 5) is 30.4. The van der Waals surface area contributed by atoms with E-state index in [-0.39, 0.29) is 23.7 Å². The zero-order chi connectivity index (χ0) is 20.1. The number of imidazole rings is 1. The lowest BCUT2D eigenvalue weighted by molar-refractivity contribution is -0.115. The van der Waals surface area contributed by atoms with Crippen LogP contribution in [0.3, 0.4) is 0 Å². The summed E-state index contributed by atoms with van der Waals surface area (Å²) in [5.41, 5.74) is 1.22. The van der Waals surface area contributed by atoms with Gasteiger partial charge in [0, 0.05) is 30.2 Å². The lowest BCUT2D eigenvalue weighted by atomic mass is 10.1. The van der Waals surface area contributed by atoms with Gasteiger partial charge in [0.05, 0.1) is 6.42 Å². The third-order valence-electron chi connectivity index (χ3n) is 3.77. The molecule has 2 N–H and O–H groups in total. The molecular weight excluding hydrogens is 371 g/mol. The summed E-state index contributed by atoms with van der Waals surface area (Å²) in [6.45, 7) is 0. The Morgan fingerprint density at radius 2 is 1.75 bits per heavy atom. The summed E-state index contributed by atoms with van der Waals surface area (Å²) < 4.78 is 39.3. The molecule has 0 spiro atoms. The third-order valence-corrected chi connectivity index (χ3v) is 3.77. The van der Waals surface area contributed by atoms with Crippen LogP contribution >= 0.6 is 0 Å². The highest BCUT2D eigenvalue weighted by molar-refractivity contribution is 6.04. The van der Waals surface area contributed by atoms with E-state index in [9.17, 15) is 22.8 Å². The van der Waals surface area contributed by atoms with Crippen LogP contribution in [0.1, 0.15) is 21.7 Å². The molecule has 0 saturated heterocycles. The summed E-state index contributed by atoms with van der Waals surface area (Å²) in [6, 6.07) is 8.21. The van der Waals surface area contributed by atoms with Crippen molar-refractivity contribution in [3.05, 3.63) is 89.3 Å². The van der Waals surface area contributed by atoms with E-state index in [2.05, 4.69) is 15.3 Å². The smallest absolute Gasteiger partial charge is 0.228 e.